The number of likely N-dealkylation sites (tertiary alicyclic amines) is 1. The molecule has 24 heavy (non-hydrogen) atoms. The van der Waals surface area contributed by atoms with Crippen LogP contribution in [-0.4, -0.2) is 35.0 Å². The molecular formula is C18H21ClN4O. The third-order valence-electron chi connectivity index (χ3n) is 4.17. The Labute approximate surface area is 147 Å². The molecule has 0 bridgehead atoms. The summed E-state index contributed by atoms with van der Waals surface area (Å²) >= 11 is 5.98. The predicted octanol–water partition coefficient (Wildman–Crippen LogP) is 4.15. The highest BCUT2D eigenvalue weighted by Gasteiger charge is 2.23. The van der Waals surface area contributed by atoms with Gasteiger partial charge in [-0.05, 0) is 49.6 Å². The van der Waals surface area contributed by atoms with Gasteiger partial charge in [-0.2, -0.15) is 0 Å². The molecule has 0 unspecified atom stereocenters. The van der Waals surface area contributed by atoms with Gasteiger partial charge in [0.1, 0.15) is 0 Å². The topological polar surface area (TPSA) is 57.3 Å². The molecule has 2 N–H and O–H groups in total. The van der Waals surface area contributed by atoms with Crippen LogP contribution < -0.4 is 10.6 Å². The Morgan fingerprint density at radius 1 is 1.25 bits per heavy atom. The van der Waals surface area contributed by atoms with Gasteiger partial charge in [-0.15, -0.1) is 0 Å². The molecule has 1 aliphatic rings. The van der Waals surface area contributed by atoms with E-state index in [2.05, 4.69) is 46.8 Å². The highest BCUT2D eigenvalue weighted by molar-refractivity contribution is 6.32. The molecule has 0 saturated carbocycles. The van der Waals surface area contributed by atoms with Crippen LogP contribution in [-0.2, 0) is 0 Å². The maximum atomic E-state index is 12.3. The third-order valence-corrected chi connectivity index (χ3v) is 4.47. The van der Waals surface area contributed by atoms with E-state index in [1.807, 2.05) is 4.90 Å². The molecule has 1 aliphatic heterocycles. The van der Waals surface area contributed by atoms with Crippen molar-refractivity contribution in [1.29, 1.82) is 0 Å². The van der Waals surface area contributed by atoms with Gasteiger partial charge in [0, 0.05) is 31.0 Å². The van der Waals surface area contributed by atoms with Crippen LogP contribution in [0, 0.1) is 6.92 Å². The summed E-state index contributed by atoms with van der Waals surface area (Å²) in [5.41, 5.74) is 2.93. The number of benzene rings is 1. The summed E-state index contributed by atoms with van der Waals surface area (Å²) in [4.78, 5) is 18.1. The molecule has 0 radical (unpaired) electrons. The first-order valence-electron chi connectivity index (χ1n) is 8.11. The van der Waals surface area contributed by atoms with Gasteiger partial charge in [-0.25, -0.2) is 9.78 Å². The van der Waals surface area contributed by atoms with Crippen LogP contribution in [0.1, 0.15) is 18.4 Å². The first kappa shape index (κ1) is 16.6. The highest BCUT2D eigenvalue weighted by Crippen LogP contribution is 2.21. The van der Waals surface area contributed by atoms with Crippen molar-refractivity contribution in [3.63, 3.8) is 0 Å². The van der Waals surface area contributed by atoms with Gasteiger partial charge in [0.05, 0.1) is 5.69 Å². The van der Waals surface area contributed by atoms with E-state index in [1.165, 1.54) is 5.56 Å². The number of carbonyl (C=O) groups excluding carboxylic acids is 1. The van der Waals surface area contributed by atoms with Crippen LogP contribution in [0.5, 0.6) is 0 Å². The number of nitrogens with zero attached hydrogens (tertiary/aromatic N) is 2. The number of pyridine rings is 1. The smallest absolute Gasteiger partial charge is 0.321 e. The van der Waals surface area contributed by atoms with E-state index in [1.54, 1.807) is 18.3 Å². The fourth-order valence-electron chi connectivity index (χ4n) is 2.87. The van der Waals surface area contributed by atoms with E-state index in [0.717, 1.165) is 18.5 Å². The lowest BCUT2D eigenvalue weighted by Crippen LogP contribution is -2.44. The van der Waals surface area contributed by atoms with Crippen molar-refractivity contribution in [2.45, 2.75) is 25.8 Å². The maximum absolute atomic E-state index is 12.3. The van der Waals surface area contributed by atoms with Gasteiger partial charge < -0.3 is 15.5 Å². The second-order valence-electron chi connectivity index (χ2n) is 6.05. The Hall–Kier alpha value is -2.27. The van der Waals surface area contributed by atoms with Crippen LogP contribution in [0.4, 0.5) is 16.2 Å². The van der Waals surface area contributed by atoms with Gasteiger partial charge in [-0.1, -0.05) is 23.7 Å². The molecule has 1 fully saturated rings. The molecule has 0 spiro atoms. The second kappa shape index (κ2) is 7.53. The van der Waals surface area contributed by atoms with Crippen LogP contribution in [0.15, 0.2) is 42.6 Å². The second-order valence-corrected chi connectivity index (χ2v) is 6.41. The molecule has 3 rings (SSSR count). The number of amides is 2. The first-order valence-corrected chi connectivity index (χ1v) is 8.49. The van der Waals surface area contributed by atoms with E-state index in [-0.39, 0.29) is 6.03 Å². The van der Waals surface area contributed by atoms with E-state index < -0.39 is 0 Å². The van der Waals surface area contributed by atoms with Crippen LogP contribution in [0.25, 0.3) is 0 Å². The van der Waals surface area contributed by atoms with Gasteiger partial charge in [0.15, 0.2) is 5.15 Å². The fraction of sp³-hybridized carbons (Fsp3) is 0.333. The predicted molar refractivity (Wildman–Crippen MR) is 97.7 cm³/mol. The summed E-state index contributed by atoms with van der Waals surface area (Å²) in [6.07, 6.45) is 3.44. The molecule has 2 heterocycles. The summed E-state index contributed by atoms with van der Waals surface area (Å²) < 4.78 is 0. The zero-order valence-corrected chi connectivity index (χ0v) is 14.4. The van der Waals surface area contributed by atoms with E-state index in [0.29, 0.717) is 30.0 Å². The maximum Gasteiger partial charge on any atom is 0.321 e. The van der Waals surface area contributed by atoms with Crippen molar-refractivity contribution >= 4 is 29.0 Å². The summed E-state index contributed by atoms with van der Waals surface area (Å²) in [5, 5.41) is 6.68. The van der Waals surface area contributed by atoms with Gasteiger partial charge in [-0.3, -0.25) is 0 Å². The standard InChI is InChI=1S/C18H21ClN4O/c1-13-4-2-5-15(12-13)21-14-7-10-23(11-8-14)18(24)22-16-6-3-9-20-17(16)19/h2-6,9,12,14,21H,7-8,10-11H2,1H3,(H,22,24). The monoisotopic (exact) mass is 344 g/mol. The van der Waals surface area contributed by atoms with Crippen molar-refractivity contribution in [2.24, 2.45) is 0 Å². The lowest BCUT2D eigenvalue weighted by molar-refractivity contribution is 0.197. The van der Waals surface area contributed by atoms with Crippen molar-refractivity contribution in [3.8, 4) is 0 Å². The highest BCUT2D eigenvalue weighted by atomic mass is 35.5. The summed E-state index contributed by atoms with van der Waals surface area (Å²) in [5.74, 6) is 0. The SMILES string of the molecule is Cc1cccc(NC2CCN(C(=O)Nc3cccnc3Cl)CC2)c1. The van der Waals surface area contributed by atoms with Gasteiger partial charge in [0.2, 0.25) is 0 Å². The van der Waals surface area contributed by atoms with E-state index >= 15 is 0 Å². The first-order chi connectivity index (χ1) is 11.6. The number of piperidine rings is 1. The Bertz CT molecular complexity index is 714. The average Bonchev–Trinajstić information content (AvgIpc) is 2.57. The molecule has 2 aromatic rings. The average molecular weight is 345 g/mol. The molecule has 1 saturated heterocycles. The third kappa shape index (κ3) is 4.17. The molecule has 0 atom stereocenters. The molecule has 6 heteroatoms. The summed E-state index contributed by atoms with van der Waals surface area (Å²) in [6.45, 7) is 3.52. The Balaban J connectivity index is 1.51. The van der Waals surface area contributed by atoms with Gasteiger partial charge >= 0.3 is 6.03 Å². The quantitative estimate of drug-likeness (QED) is 0.822. The molecular weight excluding hydrogens is 324 g/mol. The fourth-order valence-corrected chi connectivity index (χ4v) is 3.04. The van der Waals surface area contributed by atoms with Crippen LogP contribution in [0.3, 0.4) is 0 Å². The largest absolute Gasteiger partial charge is 0.382 e. The minimum atomic E-state index is -0.126. The number of urea groups is 1. The number of carbonyl (C=O) groups is 1. The van der Waals surface area contributed by atoms with Crippen LogP contribution in [0.2, 0.25) is 5.15 Å². The van der Waals surface area contributed by atoms with Crippen molar-refractivity contribution in [1.82, 2.24) is 9.88 Å². The van der Waals surface area contributed by atoms with Crippen molar-refractivity contribution in [2.75, 3.05) is 23.7 Å². The zero-order chi connectivity index (χ0) is 16.9. The van der Waals surface area contributed by atoms with E-state index in [9.17, 15) is 4.79 Å². The summed E-state index contributed by atoms with van der Waals surface area (Å²) in [7, 11) is 0. The number of aromatic nitrogens is 1. The number of halogens is 1. The van der Waals surface area contributed by atoms with Crippen molar-refractivity contribution < 1.29 is 4.79 Å². The Morgan fingerprint density at radius 3 is 2.75 bits per heavy atom. The number of hydrogen-bond acceptors (Lipinski definition) is 3. The zero-order valence-electron chi connectivity index (χ0n) is 13.6. The molecule has 2 amide bonds. The number of rotatable bonds is 3. The molecule has 0 aliphatic carbocycles. The number of hydrogen-bond donors (Lipinski definition) is 2. The minimum absolute atomic E-state index is 0.126. The number of aryl methyl sites for hydroxylation is 1. The lowest BCUT2D eigenvalue weighted by atomic mass is 10.0. The van der Waals surface area contributed by atoms with Crippen LogP contribution >= 0.6 is 11.6 Å². The lowest BCUT2D eigenvalue weighted by Gasteiger charge is -2.33. The Kier molecular flexibility index (Phi) is 5.20. The number of anilines is 2. The minimum Gasteiger partial charge on any atom is -0.382 e. The molecule has 1 aromatic heterocycles. The van der Waals surface area contributed by atoms with E-state index in [4.69, 9.17) is 11.6 Å². The van der Waals surface area contributed by atoms with Gasteiger partial charge in [0.25, 0.3) is 0 Å². The molecule has 1 aromatic carbocycles. The molecule has 5 nitrogen and oxygen atoms in total. The Morgan fingerprint density at radius 2 is 2.04 bits per heavy atom. The normalized spacial score (nSPS) is 15.2. The molecule has 126 valence electrons. The summed E-state index contributed by atoms with van der Waals surface area (Å²) in [6, 6.07) is 12.1. The van der Waals surface area contributed by atoms with Crippen molar-refractivity contribution in [3.05, 3.63) is 53.3 Å². The number of nitrogens with one attached hydrogen (secondary N) is 2.